The molecule has 1 N–H and O–H groups in total. The zero-order chi connectivity index (χ0) is 14.2. The number of benzene rings is 1. The van der Waals surface area contributed by atoms with Crippen LogP contribution in [0.4, 0.5) is 0 Å². The Hall–Kier alpha value is -0.880. The predicted octanol–water partition coefficient (Wildman–Crippen LogP) is 3.73. The summed E-state index contributed by atoms with van der Waals surface area (Å²) in [4.78, 5) is 6.43. The summed E-state index contributed by atoms with van der Waals surface area (Å²) < 4.78 is 6.14. The number of pyridine rings is 1. The van der Waals surface area contributed by atoms with Crippen molar-refractivity contribution in [3.05, 3.63) is 52.8 Å². The fourth-order valence-corrected chi connectivity index (χ4v) is 3.19. The highest BCUT2D eigenvalue weighted by molar-refractivity contribution is 9.10. The Morgan fingerprint density at radius 1 is 1.20 bits per heavy atom. The second kappa shape index (κ2) is 8.42. The van der Waals surface area contributed by atoms with Gasteiger partial charge in [0, 0.05) is 46.9 Å². The number of rotatable bonds is 7. The molecule has 0 aliphatic carbocycles. The molecular weight excluding hydrogens is 336 g/mol. The predicted molar refractivity (Wildman–Crippen MR) is 86.1 cm³/mol. The van der Waals surface area contributed by atoms with Crippen molar-refractivity contribution >= 4 is 27.7 Å². The van der Waals surface area contributed by atoms with E-state index in [9.17, 15) is 0 Å². The number of hydrogen-bond acceptors (Lipinski definition) is 4. The van der Waals surface area contributed by atoms with Gasteiger partial charge >= 0.3 is 0 Å². The smallest absolute Gasteiger partial charge is 0.0587 e. The number of ether oxygens (including phenoxy) is 1. The maximum Gasteiger partial charge on any atom is 0.0587 e. The Labute approximate surface area is 132 Å². The first-order valence-electron chi connectivity index (χ1n) is 6.35. The SMILES string of the molecule is COCCNCc1ccc(Sc2ccncc2)cc1Br. The first-order chi connectivity index (χ1) is 9.79. The van der Waals surface area contributed by atoms with Crippen LogP contribution in [0.3, 0.4) is 0 Å². The summed E-state index contributed by atoms with van der Waals surface area (Å²) >= 11 is 5.36. The Balaban J connectivity index is 1.95. The lowest BCUT2D eigenvalue weighted by Crippen LogP contribution is -2.18. The molecule has 1 aromatic carbocycles. The maximum atomic E-state index is 5.01. The van der Waals surface area contributed by atoms with Gasteiger partial charge in [0.15, 0.2) is 0 Å². The van der Waals surface area contributed by atoms with Crippen molar-refractivity contribution in [2.45, 2.75) is 16.3 Å². The molecule has 0 fully saturated rings. The monoisotopic (exact) mass is 352 g/mol. The molecule has 1 heterocycles. The van der Waals surface area contributed by atoms with Crippen molar-refractivity contribution < 1.29 is 4.74 Å². The molecule has 1 aromatic heterocycles. The fraction of sp³-hybridized carbons (Fsp3) is 0.267. The van der Waals surface area contributed by atoms with Crippen LogP contribution in [0.2, 0.25) is 0 Å². The Bertz CT molecular complexity index is 537. The molecular formula is C15H17BrN2OS. The van der Waals surface area contributed by atoms with Crippen LogP contribution in [-0.2, 0) is 11.3 Å². The molecule has 0 saturated heterocycles. The van der Waals surface area contributed by atoms with Crippen LogP contribution >= 0.6 is 27.7 Å². The first-order valence-corrected chi connectivity index (χ1v) is 7.96. The Morgan fingerprint density at radius 2 is 2.00 bits per heavy atom. The van der Waals surface area contributed by atoms with Gasteiger partial charge in [-0.15, -0.1) is 0 Å². The van der Waals surface area contributed by atoms with Gasteiger partial charge in [-0.25, -0.2) is 0 Å². The number of hydrogen-bond donors (Lipinski definition) is 1. The van der Waals surface area contributed by atoms with Crippen molar-refractivity contribution in [3.8, 4) is 0 Å². The molecule has 0 saturated carbocycles. The minimum atomic E-state index is 0.730. The summed E-state index contributed by atoms with van der Waals surface area (Å²) in [6.07, 6.45) is 3.62. The summed E-state index contributed by atoms with van der Waals surface area (Å²) in [6.45, 7) is 2.42. The molecule has 5 heteroatoms. The Morgan fingerprint density at radius 3 is 2.70 bits per heavy atom. The standard InChI is InChI=1S/C15H17BrN2OS/c1-19-9-8-18-11-12-2-3-14(10-15(12)16)20-13-4-6-17-7-5-13/h2-7,10,18H,8-9,11H2,1H3. The van der Waals surface area contributed by atoms with Gasteiger partial charge in [0.2, 0.25) is 0 Å². The number of nitrogens with one attached hydrogen (secondary N) is 1. The fourth-order valence-electron chi connectivity index (χ4n) is 1.67. The van der Waals surface area contributed by atoms with Crippen molar-refractivity contribution in [2.75, 3.05) is 20.3 Å². The molecule has 0 spiro atoms. The lowest BCUT2D eigenvalue weighted by Gasteiger charge is -2.08. The summed E-state index contributed by atoms with van der Waals surface area (Å²) in [7, 11) is 1.71. The van der Waals surface area contributed by atoms with Gasteiger partial charge in [0.25, 0.3) is 0 Å². The van der Waals surface area contributed by atoms with Crippen LogP contribution < -0.4 is 5.32 Å². The summed E-state index contributed by atoms with van der Waals surface area (Å²) in [5.41, 5.74) is 1.25. The molecule has 20 heavy (non-hydrogen) atoms. The van der Waals surface area contributed by atoms with Crippen molar-refractivity contribution in [1.82, 2.24) is 10.3 Å². The quantitative estimate of drug-likeness (QED) is 0.769. The summed E-state index contributed by atoms with van der Waals surface area (Å²) in [5, 5.41) is 3.34. The van der Waals surface area contributed by atoms with E-state index in [2.05, 4.69) is 44.4 Å². The molecule has 0 aliphatic rings. The van der Waals surface area contributed by atoms with Crippen molar-refractivity contribution in [2.24, 2.45) is 0 Å². The molecule has 106 valence electrons. The van der Waals surface area contributed by atoms with Gasteiger partial charge in [-0.3, -0.25) is 4.98 Å². The molecule has 2 aromatic rings. The minimum absolute atomic E-state index is 0.730. The number of aromatic nitrogens is 1. The molecule has 0 atom stereocenters. The average Bonchev–Trinajstić information content (AvgIpc) is 2.46. The Kier molecular flexibility index (Phi) is 6.53. The molecule has 2 rings (SSSR count). The lowest BCUT2D eigenvalue weighted by atomic mass is 10.2. The van der Waals surface area contributed by atoms with Gasteiger partial charge in [0.05, 0.1) is 6.61 Å². The lowest BCUT2D eigenvalue weighted by molar-refractivity contribution is 0.199. The average molecular weight is 353 g/mol. The van der Waals surface area contributed by atoms with Crippen molar-refractivity contribution in [3.63, 3.8) is 0 Å². The van der Waals surface area contributed by atoms with E-state index in [-0.39, 0.29) is 0 Å². The van der Waals surface area contributed by atoms with E-state index >= 15 is 0 Å². The van der Waals surface area contributed by atoms with Crippen LogP contribution in [0.25, 0.3) is 0 Å². The third-order valence-electron chi connectivity index (χ3n) is 2.71. The van der Waals surface area contributed by atoms with Gasteiger partial charge < -0.3 is 10.1 Å². The van der Waals surface area contributed by atoms with E-state index in [0.29, 0.717) is 0 Å². The topological polar surface area (TPSA) is 34.1 Å². The molecule has 0 bridgehead atoms. The number of halogens is 1. The van der Waals surface area contributed by atoms with E-state index in [0.717, 1.165) is 24.2 Å². The third kappa shape index (κ3) is 4.90. The number of methoxy groups -OCH3 is 1. The molecule has 0 unspecified atom stereocenters. The zero-order valence-corrected chi connectivity index (χ0v) is 13.7. The van der Waals surface area contributed by atoms with Gasteiger partial charge in [0.1, 0.15) is 0 Å². The van der Waals surface area contributed by atoms with E-state index in [1.54, 1.807) is 18.9 Å². The van der Waals surface area contributed by atoms with Crippen molar-refractivity contribution in [1.29, 1.82) is 0 Å². The zero-order valence-electron chi connectivity index (χ0n) is 11.3. The van der Waals surface area contributed by atoms with Crippen LogP contribution in [-0.4, -0.2) is 25.2 Å². The minimum Gasteiger partial charge on any atom is -0.383 e. The van der Waals surface area contributed by atoms with E-state index < -0.39 is 0 Å². The van der Waals surface area contributed by atoms with E-state index in [1.165, 1.54) is 15.4 Å². The third-order valence-corrected chi connectivity index (χ3v) is 4.44. The highest BCUT2D eigenvalue weighted by Gasteiger charge is 2.03. The highest BCUT2D eigenvalue weighted by atomic mass is 79.9. The molecule has 0 aliphatic heterocycles. The first kappa shape index (κ1) is 15.5. The van der Waals surface area contributed by atoms with E-state index in [1.807, 2.05) is 24.5 Å². The van der Waals surface area contributed by atoms with Gasteiger partial charge in [-0.2, -0.15) is 0 Å². The summed E-state index contributed by atoms with van der Waals surface area (Å²) in [6, 6.07) is 10.5. The van der Waals surface area contributed by atoms with Crippen LogP contribution in [0, 0.1) is 0 Å². The number of nitrogens with zero attached hydrogens (tertiary/aromatic N) is 1. The van der Waals surface area contributed by atoms with Gasteiger partial charge in [-0.05, 0) is 29.8 Å². The second-order valence-corrected chi connectivity index (χ2v) is 6.21. The van der Waals surface area contributed by atoms with Crippen LogP contribution in [0.15, 0.2) is 57.0 Å². The van der Waals surface area contributed by atoms with E-state index in [4.69, 9.17) is 4.74 Å². The highest BCUT2D eigenvalue weighted by Crippen LogP contribution is 2.30. The normalized spacial score (nSPS) is 10.7. The largest absolute Gasteiger partial charge is 0.383 e. The molecule has 0 radical (unpaired) electrons. The molecule has 3 nitrogen and oxygen atoms in total. The second-order valence-electron chi connectivity index (χ2n) is 4.21. The summed E-state index contributed by atoms with van der Waals surface area (Å²) in [5.74, 6) is 0. The molecule has 0 amide bonds. The van der Waals surface area contributed by atoms with Crippen LogP contribution in [0.5, 0.6) is 0 Å². The maximum absolute atomic E-state index is 5.01. The van der Waals surface area contributed by atoms with Crippen LogP contribution in [0.1, 0.15) is 5.56 Å². The van der Waals surface area contributed by atoms with Gasteiger partial charge in [-0.1, -0.05) is 33.8 Å².